The number of carbonyl (C=O) groups is 2. The third kappa shape index (κ3) is 43.7. The van der Waals surface area contributed by atoms with Gasteiger partial charge in [-0.2, -0.15) is 0 Å². The Bertz CT molecular complexity index is 1200. The van der Waals surface area contributed by atoms with E-state index in [1.54, 1.807) is 0 Å². The van der Waals surface area contributed by atoms with Crippen molar-refractivity contribution in [2.75, 3.05) is 6.61 Å². The number of amides is 1. The van der Waals surface area contributed by atoms with Crippen molar-refractivity contribution in [3.05, 3.63) is 85.1 Å². The molecule has 1 amide bonds. The summed E-state index contributed by atoms with van der Waals surface area (Å²) in [6.07, 6.45) is 63.6. The first kappa shape index (κ1) is 59.0. The highest BCUT2D eigenvalue weighted by Crippen LogP contribution is 2.18. The Morgan fingerprint density at radius 1 is 0.500 bits per heavy atom. The minimum atomic E-state index is -0.803. The number of nitrogens with one attached hydrogen (secondary N) is 1. The van der Waals surface area contributed by atoms with Gasteiger partial charge >= 0.3 is 5.97 Å². The molecule has 0 saturated carbocycles. The third-order valence-corrected chi connectivity index (χ3v) is 11.3. The van der Waals surface area contributed by atoms with Gasteiger partial charge in [-0.1, -0.05) is 234 Å². The van der Waals surface area contributed by atoms with Gasteiger partial charge in [0, 0.05) is 6.42 Å². The molecule has 6 heteroatoms. The Kier molecular flexibility index (Phi) is 46.7. The molecule has 0 aromatic heterocycles. The van der Waals surface area contributed by atoms with Crippen molar-refractivity contribution >= 4 is 11.9 Å². The zero-order valence-corrected chi connectivity index (χ0v) is 40.5. The van der Waals surface area contributed by atoms with Gasteiger partial charge in [-0.15, -0.1) is 0 Å². The van der Waals surface area contributed by atoms with Gasteiger partial charge in [0.05, 0.1) is 25.2 Å². The molecule has 0 aliphatic rings. The molecule has 0 bridgehead atoms. The molecule has 0 aromatic rings. The van der Waals surface area contributed by atoms with Crippen LogP contribution in [0, 0.1) is 0 Å². The summed E-state index contributed by atoms with van der Waals surface area (Å²) >= 11 is 0. The molecule has 0 rings (SSSR count). The lowest BCUT2D eigenvalue weighted by Crippen LogP contribution is -2.46. The summed E-state index contributed by atoms with van der Waals surface area (Å²) in [4.78, 5) is 26.1. The van der Waals surface area contributed by atoms with E-state index < -0.39 is 18.2 Å². The van der Waals surface area contributed by atoms with E-state index in [2.05, 4.69) is 68.6 Å². The van der Waals surface area contributed by atoms with Crippen LogP contribution in [-0.2, 0) is 14.3 Å². The fourth-order valence-electron chi connectivity index (χ4n) is 7.49. The molecule has 0 saturated heterocycles. The second-order valence-corrected chi connectivity index (χ2v) is 17.3. The van der Waals surface area contributed by atoms with Gasteiger partial charge in [0.25, 0.3) is 0 Å². The van der Waals surface area contributed by atoms with Crippen LogP contribution in [0.15, 0.2) is 85.1 Å². The first-order valence-corrected chi connectivity index (χ1v) is 25.9. The van der Waals surface area contributed by atoms with Crippen molar-refractivity contribution in [2.24, 2.45) is 0 Å². The Balaban J connectivity index is 4.62. The van der Waals surface area contributed by atoms with Crippen LogP contribution in [0.25, 0.3) is 0 Å². The van der Waals surface area contributed by atoms with Crippen molar-refractivity contribution < 1.29 is 24.5 Å². The molecule has 3 atom stereocenters. The molecule has 0 spiro atoms. The van der Waals surface area contributed by atoms with Crippen LogP contribution in [0.1, 0.15) is 233 Å². The Labute approximate surface area is 383 Å². The van der Waals surface area contributed by atoms with E-state index in [0.29, 0.717) is 19.3 Å². The summed E-state index contributed by atoms with van der Waals surface area (Å²) in [6.45, 7) is 6.22. The van der Waals surface area contributed by atoms with Crippen molar-refractivity contribution in [3.63, 3.8) is 0 Å². The van der Waals surface area contributed by atoms with Gasteiger partial charge in [-0.05, 0) is 70.6 Å². The minimum absolute atomic E-state index is 0.0466. The summed E-state index contributed by atoms with van der Waals surface area (Å²) in [5.41, 5.74) is 0. The first-order chi connectivity index (χ1) is 30.5. The van der Waals surface area contributed by atoms with E-state index >= 15 is 0 Å². The molecule has 0 aromatic carbocycles. The van der Waals surface area contributed by atoms with Gasteiger partial charge in [-0.25, -0.2) is 0 Å². The number of esters is 1. The molecule has 0 radical (unpaired) electrons. The molecule has 0 heterocycles. The van der Waals surface area contributed by atoms with Gasteiger partial charge in [0.1, 0.15) is 6.10 Å². The number of carbonyl (C=O) groups excluding carboxylic acids is 2. The monoisotopic (exact) mass is 864 g/mol. The molecule has 6 nitrogen and oxygen atoms in total. The summed E-state index contributed by atoms with van der Waals surface area (Å²) < 4.78 is 5.90. The lowest BCUT2D eigenvalue weighted by molar-refractivity contribution is -0.151. The molecule has 0 aliphatic carbocycles. The normalized spacial score (nSPS) is 14.0. The Hall–Kier alpha value is -2.96. The number of allylic oxidation sites excluding steroid dienone is 14. The predicted molar refractivity (Wildman–Crippen MR) is 268 cm³/mol. The number of ether oxygens (including phenoxy) is 1. The maximum Gasteiger partial charge on any atom is 0.306 e. The van der Waals surface area contributed by atoms with Crippen LogP contribution in [0.2, 0.25) is 0 Å². The second-order valence-electron chi connectivity index (χ2n) is 17.3. The van der Waals surface area contributed by atoms with E-state index in [9.17, 15) is 19.8 Å². The molecule has 3 unspecified atom stereocenters. The van der Waals surface area contributed by atoms with E-state index in [4.69, 9.17) is 4.74 Å². The molecule has 0 aliphatic heterocycles. The van der Waals surface area contributed by atoms with Crippen LogP contribution in [0.3, 0.4) is 0 Å². The topological polar surface area (TPSA) is 95.9 Å². The van der Waals surface area contributed by atoms with Gasteiger partial charge in [0.2, 0.25) is 5.91 Å². The van der Waals surface area contributed by atoms with E-state index in [0.717, 1.165) is 103 Å². The zero-order chi connectivity index (χ0) is 45.2. The highest BCUT2D eigenvalue weighted by molar-refractivity contribution is 5.77. The number of rotatable bonds is 45. The minimum Gasteiger partial charge on any atom is -0.462 e. The average Bonchev–Trinajstić information content (AvgIpc) is 3.26. The highest BCUT2D eigenvalue weighted by Gasteiger charge is 2.24. The summed E-state index contributed by atoms with van der Waals surface area (Å²) in [6, 6.07) is -0.719. The van der Waals surface area contributed by atoms with Gasteiger partial charge in [-0.3, -0.25) is 9.59 Å². The van der Waals surface area contributed by atoms with E-state index in [1.165, 1.54) is 83.5 Å². The summed E-state index contributed by atoms with van der Waals surface area (Å²) in [7, 11) is 0. The number of hydrogen-bond acceptors (Lipinski definition) is 5. The molecule has 356 valence electrons. The highest BCUT2D eigenvalue weighted by atomic mass is 16.5. The van der Waals surface area contributed by atoms with Crippen LogP contribution >= 0.6 is 0 Å². The maximum absolute atomic E-state index is 13.2. The van der Waals surface area contributed by atoms with Crippen LogP contribution in [0.5, 0.6) is 0 Å². The number of aliphatic hydroxyl groups excluding tert-OH is 2. The van der Waals surface area contributed by atoms with Crippen molar-refractivity contribution in [2.45, 2.75) is 251 Å². The molecule has 62 heavy (non-hydrogen) atoms. The van der Waals surface area contributed by atoms with Crippen LogP contribution < -0.4 is 5.32 Å². The number of unbranched alkanes of at least 4 members (excludes halogenated alkanes) is 23. The van der Waals surface area contributed by atoms with Crippen LogP contribution in [-0.4, -0.2) is 46.9 Å². The van der Waals surface area contributed by atoms with Crippen LogP contribution in [0.4, 0.5) is 0 Å². The fraction of sp³-hybridized carbons (Fsp3) is 0.714. The molecule has 3 N–H and O–H groups in total. The molecular weight excluding hydrogens is 767 g/mol. The largest absolute Gasteiger partial charge is 0.462 e. The fourth-order valence-corrected chi connectivity index (χ4v) is 7.49. The van der Waals surface area contributed by atoms with Crippen molar-refractivity contribution in [1.82, 2.24) is 5.32 Å². The Morgan fingerprint density at radius 3 is 1.50 bits per heavy atom. The van der Waals surface area contributed by atoms with Gasteiger partial charge in [0.15, 0.2) is 0 Å². The SMILES string of the molecule is CC/C=C/C=C/C=C\C=C/C=C/CCCCCC(=O)OC(CCCCCCC/C=C/C/C=C/CC)CC(=O)NC(CO)C(O)CCCCCCCCCCCCCCCCCC. The lowest BCUT2D eigenvalue weighted by atomic mass is 10.0. The average molecular weight is 864 g/mol. The quantitative estimate of drug-likeness (QED) is 0.0245. The standard InChI is InChI=1S/C56H97NO5/c1-4-7-10-13-16-19-22-25-27-29-30-33-36-39-42-45-48-54(59)53(51-58)57-55(60)50-52(47-44-41-38-35-32-24-21-18-15-12-9-6-3)62-56(61)49-46-43-40-37-34-31-28-26-23-20-17-14-11-8-5-2/h8-9,11-12,14,17-18,20-21,23,26,28,31,34,52-54,58-59H,4-7,10,13,15-16,19,22,24-25,27,29-30,32-33,35-51H2,1-3H3,(H,57,60)/b11-8+,12-9+,17-14+,21-18+,23-20-,28-26-,34-31+. The number of hydrogen-bond donors (Lipinski definition) is 3. The predicted octanol–water partition coefficient (Wildman–Crippen LogP) is 15.6. The van der Waals surface area contributed by atoms with E-state index in [-0.39, 0.29) is 24.9 Å². The lowest BCUT2D eigenvalue weighted by Gasteiger charge is -2.24. The van der Waals surface area contributed by atoms with Gasteiger partial charge < -0.3 is 20.3 Å². The maximum atomic E-state index is 13.2. The smallest absolute Gasteiger partial charge is 0.306 e. The third-order valence-electron chi connectivity index (χ3n) is 11.3. The molecular formula is C56H97NO5. The van der Waals surface area contributed by atoms with Crippen molar-refractivity contribution in [3.8, 4) is 0 Å². The second kappa shape index (κ2) is 49.1. The molecule has 0 fully saturated rings. The first-order valence-electron chi connectivity index (χ1n) is 25.9. The zero-order valence-electron chi connectivity index (χ0n) is 40.5. The Morgan fingerprint density at radius 2 is 0.952 bits per heavy atom. The summed E-state index contributed by atoms with van der Waals surface area (Å²) in [5, 5.41) is 23.8. The van der Waals surface area contributed by atoms with E-state index in [1.807, 2.05) is 42.5 Å². The summed E-state index contributed by atoms with van der Waals surface area (Å²) in [5.74, 6) is -0.541. The van der Waals surface area contributed by atoms with Crippen molar-refractivity contribution in [1.29, 1.82) is 0 Å². The number of aliphatic hydroxyl groups is 2.